The van der Waals surface area contributed by atoms with Crippen molar-refractivity contribution < 1.29 is 18.3 Å². The Bertz CT molecular complexity index is 128. The predicted molar refractivity (Wildman–Crippen MR) is 38.3 cm³/mol. The molecule has 0 aromatic carbocycles. The van der Waals surface area contributed by atoms with Crippen LogP contribution in [0.5, 0.6) is 0 Å². The van der Waals surface area contributed by atoms with Gasteiger partial charge in [0.2, 0.25) is 0 Å². The van der Waals surface area contributed by atoms with E-state index in [0.29, 0.717) is 0 Å². The van der Waals surface area contributed by atoms with Gasteiger partial charge in [0.15, 0.2) is 0 Å². The molecule has 0 rings (SSSR count). The van der Waals surface area contributed by atoms with Gasteiger partial charge in [-0.05, 0) is 6.42 Å². The topological polar surface area (TPSA) is 72.3 Å². The maximum absolute atomic E-state index is 12.0. The largest absolute Gasteiger partial charge is 0.393 e. The first-order chi connectivity index (χ1) is 5.41. The zero-order valence-electron chi connectivity index (χ0n) is 6.51. The maximum Gasteiger partial charge on any atom is 0.393 e. The first kappa shape index (κ1) is 11.7. The minimum atomic E-state index is -4.34. The van der Waals surface area contributed by atoms with Gasteiger partial charge in [0.1, 0.15) is 0 Å². The fourth-order valence-corrected chi connectivity index (χ4v) is 0.788. The Morgan fingerprint density at radius 1 is 1.17 bits per heavy atom. The predicted octanol–water partition coefficient (Wildman–Crippen LogP) is -0.167. The van der Waals surface area contributed by atoms with Crippen LogP contribution in [0.2, 0.25) is 0 Å². The lowest BCUT2D eigenvalue weighted by Crippen LogP contribution is -2.35. The van der Waals surface area contributed by atoms with E-state index >= 15 is 0 Å². The summed E-state index contributed by atoms with van der Waals surface area (Å²) in [4.78, 5) is 0. The normalized spacial score (nSPS) is 17.5. The van der Waals surface area contributed by atoms with Crippen molar-refractivity contribution in [1.82, 2.24) is 0 Å². The molecule has 6 heteroatoms. The van der Waals surface area contributed by atoms with Gasteiger partial charge in [-0.3, -0.25) is 0 Å². The summed E-state index contributed by atoms with van der Waals surface area (Å²) in [6, 6.07) is 0. The lowest BCUT2D eigenvalue weighted by Gasteiger charge is -2.20. The monoisotopic (exact) mass is 186 g/mol. The molecule has 0 aliphatic rings. The van der Waals surface area contributed by atoms with Crippen molar-refractivity contribution in [1.29, 1.82) is 0 Å². The van der Waals surface area contributed by atoms with Gasteiger partial charge in [0.25, 0.3) is 0 Å². The van der Waals surface area contributed by atoms with E-state index < -0.39 is 31.2 Å². The smallest absolute Gasteiger partial charge is 0.392 e. The Kier molecular flexibility index (Phi) is 4.51. The summed E-state index contributed by atoms with van der Waals surface area (Å²) in [6.45, 7) is -0.687. The van der Waals surface area contributed by atoms with Gasteiger partial charge in [-0.25, -0.2) is 0 Å². The van der Waals surface area contributed by atoms with Crippen LogP contribution < -0.4 is 11.5 Å². The number of rotatable bonds is 4. The lowest BCUT2D eigenvalue weighted by atomic mass is 10.0. The summed E-state index contributed by atoms with van der Waals surface area (Å²) in [5.41, 5.74) is 9.85. The van der Waals surface area contributed by atoms with Crippen molar-refractivity contribution in [2.24, 2.45) is 17.4 Å². The van der Waals surface area contributed by atoms with Crippen LogP contribution >= 0.6 is 0 Å². The second kappa shape index (κ2) is 4.64. The van der Waals surface area contributed by atoms with Crippen LogP contribution in [0.15, 0.2) is 0 Å². The highest BCUT2D eigenvalue weighted by Gasteiger charge is 2.39. The third-order valence-corrected chi connectivity index (χ3v) is 1.58. The molecule has 2 unspecified atom stereocenters. The molecular formula is C6H13F3N2O. The Balaban J connectivity index is 4.00. The minimum Gasteiger partial charge on any atom is -0.392 e. The average Bonchev–Trinajstić information content (AvgIpc) is 1.97. The van der Waals surface area contributed by atoms with Crippen LogP contribution in [0.3, 0.4) is 0 Å². The molecule has 0 fully saturated rings. The summed E-state index contributed by atoms with van der Waals surface area (Å²) in [5, 5.41) is 8.84. The van der Waals surface area contributed by atoms with Crippen LogP contribution in [0, 0.1) is 5.92 Å². The molecule has 0 saturated carbocycles. The van der Waals surface area contributed by atoms with Gasteiger partial charge in [0, 0.05) is 13.1 Å². The van der Waals surface area contributed by atoms with Crippen LogP contribution in [0.25, 0.3) is 0 Å². The molecule has 0 aromatic rings. The number of nitrogens with two attached hydrogens (primary N) is 2. The molecule has 12 heavy (non-hydrogen) atoms. The number of aliphatic hydroxyl groups is 1. The van der Waals surface area contributed by atoms with Gasteiger partial charge in [-0.2, -0.15) is 13.2 Å². The number of alkyl halides is 3. The third-order valence-electron chi connectivity index (χ3n) is 1.58. The Morgan fingerprint density at radius 3 is 1.92 bits per heavy atom. The summed E-state index contributed by atoms with van der Waals surface area (Å²) in [7, 11) is 0. The van der Waals surface area contributed by atoms with Crippen molar-refractivity contribution in [2.75, 3.05) is 13.1 Å². The van der Waals surface area contributed by atoms with Crippen LogP contribution in [-0.4, -0.2) is 30.5 Å². The molecule has 0 aliphatic heterocycles. The highest BCUT2D eigenvalue weighted by atomic mass is 19.4. The van der Waals surface area contributed by atoms with Crippen LogP contribution in [0.4, 0.5) is 13.2 Å². The number of aliphatic hydroxyl groups excluding tert-OH is 1. The molecule has 0 aromatic heterocycles. The minimum absolute atomic E-state index is 0.174. The molecule has 0 spiro atoms. The molecular weight excluding hydrogens is 173 g/mol. The molecule has 74 valence electrons. The van der Waals surface area contributed by atoms with Gasteiger partial charge < -0.3 is 16.6 Å². The van der Waals surface area contributed by atoms with Gasteiger partial charge in [-0.15, -0.1) is 0 Å². The van der Waals surface area contributed by atoms with E-state index in [1.54, 1.807) is 0 Å². The molecule has 0 bridgehead atoms. The fourth-order valence-electron chi connectivity index (χ4n) is 0.788. The maximum atomic E-state index is 12.0. The highest BCUT2D eigenvalue weighted by Crippen LogP contribution is 2.28. The van der Waals surface area contributed by atoms with Crippen LogP contribution in [0.1, 0.15) is 6.42 Å². The summed E-state index contributed by atoms with van der Waals surface area (Å²) in [6.07, 6.45) is -5.89. The standard InChI is InChI=1S/C6H13F3N2O/c7-6(8,9)4(2-10)1-5(12)3-11/h4-5,12H,1-3,10-11H2. The highest BCUT2D eigenvalue weighted by molar-refractivity contribution is 4.72. The van der Waals surface area contributed by atoms with Gasteiger partial charge in [0.05, 0.1) is 12.0 Å². The summed E-state index contributed by atoms with van der Waals surface area (Å²) >= 11 is 0. The van der Waals surface area contributed by atoms with Crippen molar-refractivity contribution >= 4 is 0 Å². The summed E-state index contributed by atoms with van der Waals surface area (Å²) < 4.78 is 36.0. The molecule has 0 saturated heterocycles. The third kappa shape index (κ3) is 3.89. The Labute approximate surface area is 68.5 Å². The van der Waals surface area contributed by atoms with E-state index in [1.807, 2.05) is 0 Å². The first-order valence-corrected chi connectivity index (χ1v) is 3.56. The van der Waals surface area contributed by atoms with E-state index in [1.165, 1.54) is 0 Å². The Morgan fingerprint density at radius 2 is 1.67 bits per heavy atom. The second-order valence-electron chi connectivity index (χ2n) is 2.60. The zero-order chi connectivity index (χ0) is 9.78. The number of halogens is 3. The van der Waals surface area contributed by atoms with E-state index in [0.717, 1.165) is 0 Å². The van der Waals surface area contributed by atoms with E-state index in [-0.39, 0.29) is 6.54 Å². The van der Waals surface area contributed by atoms with E-state index in [9.17, 15) is 13.2 Å². The van der Waals surface area contributed by atoms with Crippen molar-refractivity contribution in [2.45, 2.75) is 18.7 Å². The lowest BCUT2D eigenvalue weighted by molar-refractivity contribution is -0.178. The molecule has 0 aliphatic carbocycles. The molecule has 0 amide bonds. The average molecular weight is 186 g/mol. The van der Waals surface area contributed by atoms with Crippen molar-refractivity contribution in [3.63, 3.8) is 0 Å². The van der Waals surface area contributed by atoms with Crippen LogP contribution in [-0.2, 0) is 0 Å². The van der Waals surface area contributed by atoms with Gasteiger partial charge >= 0.3 is 6.18 Å². The molecule has 0 radical (unpaired) electrons. The van der Waals surface area contributed by atoms with Crippen molar-refractivity contribution in [3.05, 3.63) is 0 Å². The van der Waals surface area contributed by atoms with Crippen molar-refractivity contribution in [3.8, 4) is 0 Å². The Hall–Kier alpha value is -0.330. The first-order valence-electron chi connectivity index (χ1n) is 3.56. The summed E-state index contributed by atoms with van der Waals surface area (Å²) in [5.74, 6) is -1.66. The second-order valence-corrected chi connectivity index (χ2v) is 2.60. The quantitative estimate of drug-likeness (QED) is 0.571. The fraction of sp³-hybridized carbons (Fsp3) is 1.00. The van der Waals surface area contributed by atoms with E-state index in [2.05, 4.69) is 0 Å². The number of hydrogen-bond acceptors (Lipinski definition) is 3. The number of hydrogen-bond donors (Lipinski definition) is 3. The van der Waals surface area contributed by atoms with Gasteiger partial charge in [-0.1, -0.05) is 0 Å². The molecule has 3 nitrogen and oxygen atoms in total. The molecule has 5 N–H and O–H groups in total. The molecule has 0 heterocycles. The van der Waals surface area contributed by atoms with E-state index in [4.69, 9.17) is 16.6 Å². The SMILES string of the molecule is NCC(O)CC(CN)C(F)(F)F. The molecule has 2 atom stereocenters. The zero-order valence-corrected chi connectivity index (χ0v) is 6.51.